The highest BCUT2D eigenvalue weighted by Gasteiger charge is 2.14. The molecule has 22 heavy (non-hydrogen) atoms. The zero-order chi connectivity index (χ0) is 15.7. The molecule has 0 aromatic carbocycles. The molecule has 0 fully saturated rings. The van der Waals surface area contributed by atoms with E-state index < -0.39 is 0 Å². The average molecular weight is 297 g/mol. The number of hydrogen-bond donors (Lipinski definition) is 0. The third-order valence-corrected chi connectivity index (χ3v) is 3.50. The molecule has 0 aliphatic heterocycles. The van der Waals surface area contributed by atoms with E-state index in [0.29, 0.717) is 29.2 Å². The van der Waals surface area contributed by atoms with Crippen molar-refractivity contribution >= 4 is 17.5 Å². The smallest absolute Gasteiger partial charge is 0.219 e. The molecule has 112 valence electrons. The van der Waals surface area contributed by atoms with Crippen molar-refractivity contribution < 1.29 is 9.53 Å². The van der Waals surface area contributed by atoms with Crippen LogP contribution in [0.2, 0.25) is 0 Å². The number of fused-ring (bicyclic) bond motifs is 1. The van der Waals surface area contributed by atoms with Crippen molar-refractivity contribution in [1.29, 1.82) is 0 Å². The Morgan fingerprint density at radius 1 is 1.27 bits per heavy atom. The highest BCUT2D eigenvalue weighted by atomic mass is 16.5. The van der Waals surface area contributed by atoms with Crippen LogP contribution in [0.4, 0.5) is 0 Å². The van der Waals surface area contributed by atoms with Gasteiger partial charge in [-0.15, -0.1) is 0 Å². The van der Waals surface area contributed by atoms with Crippen LogP contribution in [0, 0.1) is 13.8 Å². The molecule has 0 saturated heterocycles. The average Bonchev–Trinajstić information content (AvgIpc) is 2.86. The molecular weight excluding hydrogens is 282 g/mol. The fourth-order valence-electron chi connectivity index (χ4n) is 2.36. The number of aromatic nitrogens is 5. The van der Waals surface area contributed by atoms with Gasteiger partial charge in [-0.1, -0.05) is 0 Å². The number of aldehydes is 1. The molecule has 0 unspecified atom stereocenters. The maximum Gasteiger partial charge on any atom is 0.219 e. The molecule has 0 aliphatic carbocycles. The number of aryl methyl sites for hydroxylation is 1. The lowest BCUT2D eigenvalue weighted by molar-refractivity contribution is 0.112. The summed E-state index contributed by atoms with van der Waals surface area (Å²) in [6, 6.07) is 0. The number of rotatable bonds is 4. The molecular formula is C15H15N5O2. The van der Waals surface area contributed by atoms with Gasteiger partial charge in [0.2, 0.25) is 5.88 Å². The predicted molar refractivity (Wildman–Crippen MR) is 80.1 cm³/mol. The van der Waals surface area contributed by atoms with Gasteiger partial charge >= 0.3 is 0 Å². The monoisotopic (exact) mass is 297 g/mol. The van der Waals surface area contributed by atoms with Crippen LogP contribution in [0.3, 0.4) is 0 Å². The first-order valence-corrected chi connectivity index (χ1v) is 6.76. The second-order valence-electron chi connectivity index (χ2n) is 4.97. The molecule has 0 bridgehead atoms. The van der Waals surface area contributed by atoms with Crippen LogP contribution < -0.4 is 4.74 Å². The second kappa shape index (κ2) is 5.51. The van der Waals surface area contributed by atoms with Gasteiger partial charge in [-0.3, -0.25) is 9.78 Å². The molecule has 0 aliphatic rings. The topological polar surface area (TPSA) is 82.8 Å². The number of nitrogens with zero attached hydrogens (tertiary/aromatic N) is 5. The lowest BCUT2D eigenvalue weighted by Gasteiger charge is -2.09. The van der Waals surface area contributed by atoms with Crippen molar-refractivity contribution in [3.63, 3.8) is 0 Å². The highest BCUT2D eigenvalue weighted by Crippen LogP contribution is 2.21. The van der Waals surface area contributed by atoms with Crippen LogP contribution in [-0.4, -0.2) is 37.9 Å². The van der Waals surface area contributed by atoms with Crippen molar-refractivity contribution in [2.24, 2.45) is 0 Å². The van der Waals surface area contributed by atoms with Crippen LogP contribution in [0.15, 0.2) is 18.7 Å². The lowest BCUT2D eigenvalue weighted by atomic mass is 10.2. The Morgan fingerprint density at radius 3 is 2.82 bits per heavy atom. The predicted octanol–water partition coefficient (Wildman–Crippen LogP) is 1.71. The minimum absolute atomic E-state index is 0.465. The maximum absolute atomic E-state index is 11.2. The third-order valence-electron chi connectivity index (χ3n) is 3.50. The molecule has 0 radical (unpaired) electrons. The summed E-state index contributed by atoms with van der Waals surface area (Å²) in [5.74, 6) is 0.541. The quantitative estimate of drug-likeness (QED) is 0.682. The van der Waals surface area contributed by atoms with Crippen LogP contribution in [-0.2, 0) is 6.54 Å². The minimum Gasteiger partial charge on any atom is -0.481 e. The zero-order valence-electron chi connectivity index (χ0n) is 12.6. The molecule has 0 atom stereocenters. The number of carbonyl (C=O) groups excluding carboxylic acids is 1. The standard InChI is InChI=1S/C15H15N5O2/c1-9-4-16-13-11(7-21)5-20(14(13)19-9)6-12-10(2)15(22-3)18-8-17-12/h4-5,7-8H,6H2,1-3H3. The summed E-state index contributed by atoms with van der Waals surface area (Å²) in [5, 5.41) is 0. The minimum atomic E-state index is 0.465. The van der Waals surface area contributed by atoms with Crippen molar-refractivity contribution in [2.75, 3.05) is 7.11 Å². The lowest BCUT2D eigenvalue weighted by Crippen LogP contribution is -2.06. The number of hydrogen-bond acceptors (Lipinski definition) is 6. The molecule has 0 spiro atoms. The van der Waals surface area contributed by atoms with Gasteiger partial charge in [0.15, 0.2) is 11.9 Å². The Morgan fingerprint density at radius 2 is 2.09 bits per heavy atom. The van der Waals surface area contributed by atoms with E-state index in [9.17, 15) is 4.79 Å². The first kappa shape index (κ1) is 14.1. The second-order valence-corrected chi connectivity index (χ2v) is 4.97. The van der Waals surface area contributed by atoms with Crippen LogP contribution >= 0.6 is 0 Å². The summed E-state index contributed by atoms with van der Waals surface area (Å²) < 4.78 is 7.08. The first-order chi connectivity index (χ1) is 10.6. The van der Waals surface area contributed by atoms with E-state index in [1.165, 1.54) is 6.33 Å². The summed E-state index contributed by atoms with van der Waals surface area (Å²) in [6.07, 6.45) is 5.64. The van der Waals surface area contributed by atoms with Gasteiger partial charge in [0.25, 0.3) is 0 Å². The van der Waals surface area contributed by atoms with Gasteiger partial charge in [0.1, 0.15) is 11.8 Å². The SMILES string of the molecule is COc1ncnc(Cn2cc(C=O)c3ncc(C)nc32)c1C. The van der Waals surface area contributed by atoms with Gasteiger partial charge in [-0.25, -0.2) is 15.0 Å². The van der Waals surface area contributed by atoms with Gasteiger partial charge in [0, 0.05) is 18.0 Å². The summed E-state index contributed by atoms with van der Waals surface area (Å²) in [7, 11) is 1.57. The molecule has 7 heteroatoms. The van der Waals surface area contributed by atoms with Gasteiger partial charge < -0.3 is 9.30 Å². The van der Waals surface area contributed by atoms with Gasteiger partial charge in [-0.05, 0) is 13.8 Å². The zero-order valence-corrected chi connectivity index (χ0v) is 12.6. The van der Waals surface area contributed by atoms with E-state index in [0.717, 1.165) is 23.2 Å². The Hall–Kier alpha value is -2.83. The summed E-state index contributed by atoms with van der Waals surface area (Å²) in [5.41, 5.74) is 4.24. The summed E-state index contributed by atoms with van der Waals surface area (Å²) in [6.45, 7) is 4.23. The molecule has 3 aromatic heterocycles. The summed E-state index contributed by atoms with van der Waals surface area (Å²) in [4.78, 5) is 28.4. The Balaban J connectivity index is 2.11. The van der Waals surface area contributed by atoms with E-state index in [1.807, 2.05) is 18.4 Å². The van der Waals surface area contributed by atoms with Gasteiger partial charge in [-0.2, -0.15) is 0 Å². The normalized spacial score (nSPS) is 10.9. The molecule has 7 nitrogen and oxygen atoms in total. The molecule has 0 saturated carbocycles. The van der Waals surface area contributed by atoms with Crippen molar-refractivity contribution in [3.05, 3.63) is 41.2 Å². The molecule has 0 N–H and O–H groups in total. The highest BCUT2D eigenvalue weighted by molar-refractivity contribution is 5.93. The Bertz CT molecular complexity index is 857. The van der Waals surface area contributed by atoms with E-state index in [2.05, 4.69) is 19.9 Å². The number of carbonyl (C=O) groups is 1. The van der Waals surface area contributed by atoms with Crippen LogP contribution in [0.1, 0.15) is 27.3 Å². The largest absolute Gasteiger partial charge is 0.481 e. The van der Waals surface area contributed by atoms with Crippen LogP contribution in [0.25, 0.3) is 11.2 Å². The Kier molecular flexibility index (Phi) is 3.54. The fourth-order valence-corrected chi connectivity index (χ4v) is 2.36. The van der Waals surface area contributed by atoms with Gasteiger partial charge in [0.05, 0.1) is 30.6 Å². The van der Waals surface area contributed by atoms with Crippen molar-refractivity contribution in [1.82, 2.24) is 24.5 Å². The summed E-state index contributed by atoms with van der Waals surface area (Å²) >= 11 is 0. The molecule has 3 aromatic rings. The van der Waals surface area contributed by atoms with Crippen molar-refractivity contribution in [2.45, 2.75) is 20.4 Å². The van der Waals surface area contributed by atoms with E-state index in [1.54, 1.807) is 19.5 Å². The molecule has 3 rings (SSSR count). The van der Waals surface area contributed by atoms with Crippen molar-refractivity contribution in [3.8, 4) is 5.88 Å². The van der Waals surface area contributed by atoms with Crippen LogP contribution in [0.5, 0.6) is 5.88 Å². The maximum atomic E-state index is 11.2. The molecule has 3 heterocycles. The van der Waals surface area contributed by atoms with E-state index >= 15 is 0 Å². The number of methoxy groups -OCH3 is 1. The number of ether oxygens (including phenoxy) is 1. The van der Waals surface area contributed by atoms with E-state index in [-0.39, 0.29) is 0 Å². The van der Waals surface area contributed by atoms with E-state index in [4.69, 9.17) is 4.74 Å². The Labute approximate surface area is 127 Å². The fraction of sp³-hybridized carbons (Fsp3) is 0.267. The third kappa shape index (κ3) is 2.30. The first-order valence-electron chi connectivity index (χ1n) is 6.76. The molecule has 0 amide bonds.